The van der Waals surface area contributed by atoms with Crippen LogP contribution >= 0.6 is 0 Å². The van der Waals surface area contributed by atoms with Crippen molar-refractivity contribution in [2.24, 2.45) is 5.92 Å². The van der Waals surface area contributed by atoms with E-state index in [1.165, 1.54) is 83.5 Å². The zero-order valence-electron chi connectivity index (χ0n) is 18.8. The standard InChI is InChI=1S/C8H18.C6H14.C5H12.C4H10/c1-3-5-7-8-6-4-2;1-3-5-6-4-2;1-3-5-4-2;1-4(2)3/h3-8H2,1-2H3;3-6H2,1-2H3;3-5H2,1-2H3;4H,1-3H3. The second-order valence-electron chi connectivity index (χ2n) is 7.21. The first kappa shape index (κ1) is 30.8. The Hall–Kier alpha value is 0. The first-order valence-corrected chi connectivity index (χ1v) is 11.0. The zero-order valence-corrected chi connectivity index (χ0v) is 18.8. The molecular weight excluding hydrogens is 276 g/mol. The maximum absolute atomic E-state index is 2.26. The van der Waals surface area contributed by atoms with Crippen molar-refractivity contribution in [1.82, 2.24) is 0 Å². The van der Waals surface area contributed by atoms with Gasteiger partial charge < -0.3 is 0 Å². The molecule has 146 valence electrons. The molecule has 0 saturated carbocycles. The number of rotatable bonds is 10. The largest absolute Gasteiger partial charge is 0.0654 e. The van der Waals surface area contributed by atoms with E-state index in [0.717, 1.165) is 5.92 Å². The highest BCUT2D eigenvalue weighted by Crippen LogP contribution is 2.03. The van der Waals surface area contributed by atoms with Crippen molar-refractivity contribution in [3.05, 3.63) is 0 Å². The van der Waals surface area contributed by atoms with Crippen molar-refractivity contribution >= 4 is 0 Å². The van der Waals surface area contributed by atoms with Crippen molar-refractivity contribution in [2.45, 2.75) is 146 Å². The van der Waals surface area contributed by atoms with Crippen LogP contribution in [-0.2, 0) is 0 Å². The number of hydrogen-bond acceptors (Lipinski definition) is 0. The summed E-state index contributed by atoms with van der Waals surface area (Å²) in [4.78, 5) is 0. The molecule has 0 radical (unpaired) electrons. The Morgan fingerprint density at radius 1 is 0.348 bits per heavy atom. The van der Waals surface area contributed by atoms with Crippen LogP contribution in [0, 0.1) is 5.92 Å². The Bertz CT molecular complexity index is 111. The summed E-state index contributed by atoms with van der Waals surface area (Å²) >= 11 is 0. The third kappa shape index (κ3) is 88.0. The Morgan fingerprint density at radius 2 is 0.522 bits per heavy atom. The lowest BCUT2D eigenvalue weighted by atomic mass is 10.1. The molecule has 0 bridgehead atoms. The minimum Gasteiger partial charge on any atom is -0.0654 e. The maximum Gasteiger partial charge on any atom is -0.0500 e. The SMILES string of the molecule is CC(C)C.CCCCC.CCCCCC.CCCCCCCC. The third-order valence-corrected chi connectivity index (χ3v) is 3.12. The van der Waals surface area contributed by atoms with Crippen molar-refractivity contribution in [3.8, 4) is 0 Å². The summed E-state index contributed by atoms with van der Waals surface area (Å²) in [5.41, 5.74) is 0. The molecule has 0 nitrogen and oxygen atoms in total. The molecule has 0 atom stereocenters. The molecule has 0 aromatic heterocycles. The molecule has 0 aliphatic rings. The molecule has 0 aromatic rings. The molecule has 0 saturated heterocycles. The number of unbranched alkanes of at least 4 members (excludes halogenated alkanes) is 10. The molecule has 0 aliphatic carbocycles. The molecule has 0 aromatic carbocycles. The molecule has 23 heavy (non-hydrogen) atoms. The second-order valence-corrected chi connectivity index (χ2v) is 7.21. The van der Waals surface area contributed by atoms with Crippen molar-refractivity contribution < 1.29 is 0 Å². The minimum absolute atomic E-state index is 0.833. The Balaban J connectivity index is -0.000000108. The molecule has 0 heteroatoms. The van der Waals surface area contributed by atoms with Crippen LogP contribution in [0.5, 0.6) is 0 Å². The third-order valence-electron chi connectivity index (χ3n) is 3.12. The van der Waals surface area contributed by atoms with Crippen LogP contribution < -0.4 is 0 Å². The van der Waals surface area contributed by atoms with Crippen LogP contribution in [0.1, 0.15) is 146 Å². The average molecular weight is 331 g/mol. The lowest BCUT2D eigenvalue weighted by molar-refractivity contribution is 0.624. The van der Waals surface area contributed by atoms with Crippen LogP contribution in [0.15, 0.2) is 0 Å². The van der Waals surface area contributed by atoms with Gasteiger partial charge in [0.2, 0.25) is 0 Å². The first-order valence-electron chi connectivity index (χ1n) is 11.0. The predicted octanol–water partition coefficient (Wildman–Crippen LogP) is 9.81. The molecule has 0 fully saturated rings. The van der Waals surface area contributed by atoms with E-state index in [9.17, 15) is 0 Å². The van der Waals surface area contributed by atoms with Crippen LogP contribution in [-0.4, -0.2) is 0 Å². The summed E-state index contributed by atoms with van der Waals surface area (Å²) in [7, 11) is 0. The highest BCUT2D eigenvalue weighted by Gasteiger charge is 1.83. The maximum atomic E-state index is 2.26. The second kappa shape index (κ2) is 37.9. The fourth-order valence-corrected chi connectivity index (χ4v) is 1.71. The fourth-order valence-electron chi connectivity index (χ4n) is 1.71. The van der Waals surface area contributed by atoms with E-state index in [4.69, 9.17) is 0 Å². The van der Waals surface area contributed by atoms with Gasteiger partial charge in [0.1, 0.15) is 0 Å². The lowest BCUT2D eigenvalue weighted by Crippen LogP contribution is -1.73. The van der Waals surface area contributed by atoms with Gasteiger partial charge in [-0.1, -0.05) is 146 Å². The summed E-state index contributed by atoms with van der Waals surface area (Å²) in [6.07, 6.45) is 18.1. The van der Waals surface area contributed by atoms with Gasteiger partial charge in [-0.3, -0.25) is 0 Å². The van der Waals surface area contributed by atoms with E-state index >= 15 is 0 Å². The summed E-state index contributed by atoms with van der Waals surface area (Å²) in [6.45, 7) is 19.9. The van der Waals surface area contributed by atoms with Gasteiger partial charge in [-0.25, -0.2) is 0 Å². The summed E-state index contributed by atoms with van der Waals surface area (Å²) in [5.74, 6) is 0.833. The molecule has 0 aliphatic heterocycles. The van der Waals surface area contributed by atoms with E-state index in [1.54, 1.807) is 0 Å². The Labute approximate surface area is 152 Å². The van der Waals surface area contributed by atoms with Crippen LogP contribution in [0.25, 0.3) is 0 Å². The smallest absolute Gasteiger partial charge is 0.0500 e. The highest BCUT2D eigenvalue weighted by atomic mass is 13.9. The van der Waals surface area contributed by atoms with E-state index < -0.39 is 0 Å². The quantitative estimate of drug-likeness (QED) is 0.349. The van der Waals surface area contributed by atoms with Crippen molar-refractivity contribution in [3.63, 3.8) is 0 Å². The van der Waals surface area contributed by atoms with Gasteiger partial charge in [0.05, 0.1) is 0 Å². The topological polar surface area (TPSA) is 0 Å². The van der Waals surface area contributed by atoms with Gasteiger partial charge in [0.25, 0.3) is 0 Å². The molecule has 0 heterocycles. The Morgan fingerprint density at radius 3 is 0.652 bits per heavy atom. The van der Waals surface area contributed by atoms with Gasteiger partial charge >= 0.3 is 0 Å². The highest BCUT2D eigenvalue weighted by molar-refractivity contribution is 4.39. The van der Waals surface area contributed by atoms with Gasteiger partial charge in [-0.05, 0) is 5.92 Å². The first-order chi connectivity index (χ1) is 11.0. The molecule has 0 rings (SSSR count). The van der Waals surface area contributed by atoms with Crippen LogP contribution in [0.3, 0.4) is 0 Å². The van der Waals surface area contributed by atoms with E-state index in [0.29, 0.717) is 0 Å². The molecule has 0 spiro atoms. The molecular formula is C23H54. The summed E-state index contributed by atoms with van der Waals surface area (Å²) < 4.78 is 0. The minimum atomic E-state index is 0.833. The van der Waals surface area contributed by atoms with Gasteiger partial charge in [0.15, 0.2) is 0 Å². The normalized spacial score (nSPS) is 9.13. The van der Waals surface area contributed by atoms with E-state index in [-0.39, 0.29) is 0 Å². The van der Waals surface area contributed by atoms with E-state index in [1.807, 2.05) is 0 Å². The fraction of sp³-hybridized carbons (Fsp3) is 1.00. The summed E-state index contributed by atoms with van der Waals surface area (Å²) in [5, 5.41) is 0. The lowest BCUT2D eigenvalue weighted by Gasteiger charge is -1.93. The zero-order chi connectivity index (χ0) is 18.8. The predicted molar refractivity (Wildman–Crippen MR) is 115 cm³/mol. The molecule has 0 amide bonds. The molecule has 0 N–H and O–H groups in total. The average Bonchev–Trinajstić information content (AvgIpc) is 2.51. The van der Waals surface area contributed by atoms with Crippen molar-refractivity contribution in [1.29, 1.82) is 0 Å². The summed E-state index contributed by atoms with van der Waals surface area (Å²) in [6, 6.07) is 0. The monoisotopic (exact) mass is 330 g/mol. The number of hydrogen-bond donors (Lipinski definition) is 0. The van der Waals surface area contributed by atoms with Gasteiger partial charge in [-0.2, -0.15) is 0 Å². The van der Waals surface area contributed by atoms with Crippen LogP contribution in [0.2, 0.25) is 0 Å². The van der Waals surface area contributed by atoms with Gasteiger partial charge in [-0.15, -0.1) is 0 Å². The van der Waals surface area contributed by atoms with Crippen LogP contribution in [0.4, 0.5) is 0 Å². The van der Waals surface area contributed by atoms with Gasteiger partial charge in [0, 0.05) is 0 Å². The molecule has 0 unspecified atom stereocenters. The van der Waals surface area contributed by atoms with Crippen molar-refractivity contribution in [2.75, 3.05) is 0 Å². The Kier molecular flexibility index (Phi) is 50.8. The van der Waals surface area contributed by atoms with E-state index in [2.05, 4.69) is 62.3 Å².